The van der Waals surface area contributed by atoms with E-state index in [0.29, 0.717) is 17.2 Å². The number of rotatable bonds is 3. The predicted molar refractivity (Wildman–Crippen MR) is 98.6 cm³/mol. The van der Waals surface area contributed by atoms with Gasteiger partial charge in [-0.05, 0) is 37.5 Å². The summed E-state index contributed by atoms with van der Waals surface area (Å²) in [5.41, 5.74) is 1.51. The van der Waals surface area contributed by atoms with E-state index in [1.807, 2.05) is 4.90 Å². The second-order valence-corrected chi connectivity index (χ2v) is 7.28. The van der Waals surface area contributed by atoms with Gasteiger partial charge in [0.25, 0.3) is 0 Å². The summed E-state index contributed by atoms with van der Waals surface area (Å²) in [6.45, 7) is 1.83. The maximum atomic E-state index is 13.5. The van der Waals surface area contributed by atoms with E-state index in [0.717, 1.165) is 42.6 Å². The molecule has 26 heavy (non-hydrogen) atoms. The van der Waals surface area contributed by atoms with Crippen LogP contribution in [0.4, 0.5) is 14.3 Å². The Kier molecular flexibility index (Phi) is 4.75. The van der Waals surface area contributed by atoms with Crippen molar-refractivity contribution in [1.29, 1.82) is 0 Å². The van der Waals surface area contributed by atoms with E-state index in [4.69, 9.17) is 0 Å². The molecule has 0 saturated carbocycles. The van der Waals surface area contributed by atoms with Crippen LogP contribution >= 0.6 is 11.3 Å². The Hall–Kier alpha value is -2.61. The first-order valence-corrected chi connectivity index (χ1v) is 9.39. The van der Waals surface area contributed by atoms with Crippen molar-refractivity contribution in [3.63, 3.8) is 0 Å². The van der Waals surface area contributed by atoms with E-state index in [2.05, 4.69) is 15.0 Å². The molecule has 0 unspecified atom stereocenters. The summed E-state index contributed by atoms with van der Waals surface area (Å²) in [4.78, 5) is 29.3. The number of thiazole rings is 1. The van der Waals surface area contributed by atoms with Gasteiger partial charge in [0.1, 0.15) is 12.1 Å². The lowest BCUT2D eigenvalue weighted by Crippen LogP contribution is -2.45. The predicted octanol–water partition coefficient (Wildman–Crippen LogP) is 3.84. The van der Waals surface area contributed by atoms with Crippen LogP contribution in [-0.2, 0) is 6.54 Å². The van der Waals surface area contributed by atoms with Gasteiger partial charge in [-0.25, -0.2) is 24.1 Å². The normalized spacial score (nSPS) is 14.6. The molecule has 2 amide bonds. The average molecular weight is 371 g/mol. The maximum Gasteiger partial charge on any atom is 0.326 e. The molecule has 0 atom stereocenters. The maximum absolute atomic E-state index is 13.5. The van der Waals surface area contributed by atoms with Gasteiger partial charge < -0.3 is 4.90 Å². The lowest BCUT2D eigenvalue weighted by molar-refractivity contribution is 0.192. The van der Waals surface area contributed by atoms with Gasteiger partial charge in [0.05, 0.1) is 16.8 Å². The number of hydrogen-bond acceptors (Lipinski definition) is 5. The third-order valence-corrected chi connectivity index (χ3v) is 5.42. The zero-order valence-corrected chi connectivity index (χ0v) is 15.0. The van der Waals surface area contributed by atoms with Gasteiger partial charge in [-0.1, -0.05) is 11.3 Å². The van der Waals surface area contributed by atoms with Crippen molar-refractivity contribution in [2.75, 3.05) is 18.0 Å². The van der Waals surface area contributed by atoms with Gasteiger partial charge in [0, 0.05) is 31.0 Å². The number of carbonyl (C=O) groups is 1. The molecular formula is C18H18FN5OS. The highest BCUT2D eigenvalue weighted by Crippen LogP contribution is 2.31. The summed E-state index contributed by atoms with van der Waals surface area (Å²) in [7, 11) is 0. The Morgan fingerprint density at radius 3 is 2.73 bits per heavy atom. The summed E-state index contributed by atoms with van der Waals surface area (Å²) < 4.78 is 14.2. The second-order valence-electron chi connectivity index (χ2n) is 6.27. The molecule has 1 aromatic carbocycles. The minimum Gasteiger partial charge on any atom is -0.324 e. The molecule has 1 saturated heterocycles. The smallest absolute Gasteiger partial charge is 0.324 e. The lowest BCUT2D eigenvalue weighted by Gasteiger charge is -2.31. The van der Waals surface area contributed by atoms with E-state index in [1.165, 1.54) is 29.8 Å². The molecule has 0 N–H and O–H groups in total. The molecule has 1 aliphatic heterocycles. The average Bonchev–Trinajstić information content (AvgIpc) is 3.10. The number of likely N-dealkylation sites (tertiary alicyclic amines) is 1. The highest BCUT2D eigenvalue weighted by atomic mass is 32.1. The molecule has 2 aromatic heterocycles. The minimum atomic E-state index is -0.307. The highest BCUT2D eigenvalue weighted by Gasteiger charge is 2.26. The molecular weight excluding hydrogens is 353 g/mol. The van der Waals surface area contributed by atoms with E-state index < -0.39 is 0 Å². The molecule has 3 aromatic rings. The van der Waals surface area contributed by atoms with Crippen LogP contribution in [0, 0.1) is 5.82 Å². The Labute approximate surface area is 154 Å². The molecule has 0 radical (unpaired) electrons. The summed E-state index contributed by atoms with van der Waals surface area (Å²) in [5.74, 6) is -0.307. The van der Waals surface area contributed by atoms with Crippen LogP contribution in [0.1, 0.15) is 24.8 Å². The number of benzene rings is 1. The molecule has 134 valence electrons. The number of amides is 2. The minimum absolute atomic E-state index is 0.0759. The van der Waals surface area contributed by atoms with Crippen molar-refractivity contribution >= 4 is 32.7 Å². The largest absolute Gasteiger partial charge is 0.326 e. The topological polar surface area (TPSA) is 62.2 Å². The number of nitrogens with zero attached hydrogens (tertiary/aromatic N) is 5. The van der Waals surface area contributed by atoms with Crippen LogP contribution in [0.3, 0.4) is 0 Å². The number of anilines is 1. The van der Waals surface area contributed by atoms with Crippen LogP contribution in [0.15, 0.2) is 36.9 Å². The molecule has 0 bridgehead atoms. The number of aromatic nitrogens is 3. The van der Waals surface area contributed by atoms with Crippen LogP contribution in [0.2, 0.25) is 0 Å². The molecule has 6 nitrogen and oxygen atoms in total. The second kappa shape index (κ2) is 7.33. The van der Waals surface area contributed by atoms with Crippen LogP contribution < -0.4 is 4.90 Å². The van der Waals surface area contributed by atoms with Crippen molar-refractivity contribution in [3.8, 4) is 0 Å². The van der Waals surface area contributed by atoms with E-state index in [9.17, 15) is 9.18 Å². The third-order valence-electron chi connectivity index (χ3n) is 4.38. The lowest BCUT2D eigenvalue weighted by atomic mass is 10.1. The van der Waals surface area contributed by atoms with Gasteiger partial charge in [-0.15, -0.1) is 0 Å². The molecule has 4 rings (SSSR count). The fourth-order valence-electron chi connectivity index (χ4n) is 3.07. The molecule has 0 spiro atoms. The number of carbonyl (C=O) groups excluding carboxylic acids is 1. The van der Waals surface area contributed by atoms with Crippen molar-refractivity contribution in [2.24, 2.45) is 0 Å². The number of piperidine rings is 1. The Balaban J connectivity index is 1.69. The number of urea groups is 1. The summed E-state index contributed by atoms with van der Waals surface area (Å²) >= 11 is 1.32. The first-order chi connectivity index (χ1) is 12.7. The van der Waals surface area contributed by atoms with E-state index in [1.54, 1.807) is 23.4 Å². The Morgan fingerprint density at radius 2 is 1.96 bits per heavy atom. The van der Waals surface area contributed by atoms with Crippen LogP contribution in [-0.4, -0.2) is 39.0 Å². The van der Waals surface area contributed by atoms with Crippen molar-refractivity contribution < 1.29 is 9.18 Å². The standard InChI is InChI=1S/C18H18FN5OS/c19-14-4-5-15-16(8-14)26-17(22-15)24(11-13-9-20-12-21-10-13)18(25)23-6-2-1-3-7-23/h4-5,8-10,12H,1-3,6-7,11H2. The fraction of sp³-hybridized carbons (Fsp3) is 0.333. The molecule has 1 aliphatic rings. The highest BCUT2D eigenvalue weighted by molar-refractivity contribution is 7.22. The van der Waals surface area contributed by atoms with E-state index >= 15 is 0 Å². The molecule has 1 fully saturated rings. The van der Waals surface area contributed by atoms with Gasteiger partial charge in [0.15, 0.2) is 5.13 Å². The number of hydrogen-bond donors (Lipinski definition) is 0. The summed E-state index contributed by atoms with van der Waals surface area (Å²) in [6.07, 6.45) is 8.02. The SMILES string of the molecule is O=C(N1CCCCC1)N(Cc1cncnc1)c1nc2ccc(F)cc2s1. The van der Waals surface area contributed by atoms with E-state index in [-0.39, 0.29) is 11.8 Å². The van der Waals surface area contributed by atoms with Crippen molar-refractivity contribution in [2.45, 2.75) is 25.8 Å². The summed E-state index contributed by atoms with van der Waals surface area (Å²) in [5, 5.41) is 0.560. The van der Waals surface area contributed by atoms with Crippen LogP contribution in [0.5, 0.6) is 0 Å². The summed E-state index contributed by atoms with van der Waals surface area (Å²) in [6, 6.07) is 4.40. The molecule has 3 heterocycles. The van der Waals surface area contributed by atoms with Crippen LogP contribution in [0.25, 0.3) is 10.2 Å². The Bertz CT molecular complexity index is 910. The first kappa shape index (κ1) is 16.8. The van der Waals surface area contributed by atoms with Gasteiger partial charge >= 0.3 is 6.03 Å². The molecule has 8 heteroatoms. The van der Waals surface area contributed by atoms with Gasteiger partial charge in [-0.2, -0.15) is 0 Å². The van der Waals surface area contributed by atoms with Crippen molar-refractivity contribution in [3.05, 3.63) is 48.3 Å². The quantitative estimate of drug-likeness (QED) is 0.702. The van der Waals surface area contributed by atoms with Crippen molar-refractivity contribution in [1.82, 2.24) is 19.9 Å². The zero-order valence-electron chi connectivity index (χ0n) is 14.1. The molecule has 0 aliphatic carbocycles. The zero-order chi connectivity index (χ0) is 17.9. The number of halogens is 1. The fourth-order valence-corrected chi connectivity index (χ4v) is 4.05. The Morgan fingerprint density at radius 1 is 1.19 bits per heavy atom. The van der Waals surface area contributed by atoms with Gasteiger partial charge in [0.2, 0.25) is 0 Å². The van der Waals surface area contributed by atoms with Gasteiger partial charge in [-0.3, -0.25) is 4.90 Å². The third kappa shape index (κ3) is 3.50. The number of fused-ring (bicyclic) bond motifs is 1. The monoisotopic (exact) mass is 371 g/mol. The first-order valence-electron chi connectivity index (χ1n) is 8.57.